The summed E-state index contributed by atoms with van der Waals surface area (Å²) in [5, 5.41) is 3.15. The van der Waals surface area contributed by atoms with Gasteiger partial charge in [0.25, 0.3) is 0 Å². The molecule has 1 saturated carbocycles. The van der Waals surface area contributed by atoms with Crippen molar-refractivity contribution in [1.29, 1.82) is 0 Å². The number of hydrogen-bond donors (Lipinski definition) is 1. The van der Waals surface area contributed by atoms with Crippen LogP contribution < -0.4 is 10.1 Å². The number of benzene rings is 1. The van der Waals surface area contributed by atoms with Crippen molar-refractivity contribution in [2.24, 2.45) is 5.92 Å². The molecule has 2 amide bonds. The van der Waals surface area contributed by atoms with Crippen molar-refractivity contribution in [2.45, 2.75) is 90.5 Å². The summed E-state index contributed by atoms with van der Waals surface area (Å²) in [4.78, 5) is 26.8. The number of para-hydroxylation sites is 1. The van der Waals surface area contributed by atoms with E-state index >= 15 is 0 Å². The lowest BCUT2D eigenvalue weighted by Gasteiger charge is -2.33. The second kappa shape index (κ2) is 12.1. The lowest BCUT2D eigenvalue weighted by molar-refractivity contribution is -0.132. The van der Waals surface area contributed by atoms with Crippen LogP contribution in [0, 0.1) is 19.8 Å². The lowest BCUT2D eigenvalue weighted by atomic mass is 9.86. The quantitative estimate of drug-likeness (QED) is 0.567. The molecule has 0 radical (unpaired) electrons. The molecule has 1 heterocycles. The number of nitrogens with zero attached hydrogens (tertiary/aromatic N) is 1. The predicted molar refractivity (Wildman–Crippen MR) is 124 cm³/mol. The first-order chi connectivity index (χ1) is 15.0. The van der Waals surface area contributed by atoms with Gasteiger partial charge in [-0.25, -0.2) is 0 Å². The fraction of sp³-hybridized carbons (Fsp3) is 0.692. The summed E-state index contributed by atoms with van der Waals surface area (Å²) in [6.07, 6.45) is 11.3. The van der Waals surface area contributed by atoms with E-state index in [1.165, 1.54) is 32.1 Å². The van der Waals surface area contributed by atoms with E-state index in [-0.39, 0.29) is 11.9 Å². The molecule has 0 atom stereocenters. The number of aryl methyl sites for hydroxylation is 2. The number of likely N-dealkylation sites (tertiary alicyclic amines) is 1. The second-order valence-electron chi connectivity index (χ2n) is 9.44. The highest BCUT2D eigenvalue weighted by molar-refractivity contribution is 5.77. The summed E-state index contributed by atoms with van der Waals surface area (Å²) in [7, 11) is 0. The Morgan fingerprint density at radius 2 is 1.68 bits per heavy atom. The van der Waals surface area contributed by atoms with Crippen molar-refractivity contribution >= 4 is 11.8 Å². The number of hydrogen-bond acceptors (Lipinski definition) is 3. The van der Waals surface area contributed by atoms with Gasteiger partial charge in [-0.1, -0.05) is 50.3 Å². The highest BCUT2D eigenvalue weighted by Crippen LogP contribution is 2.28. The van der Waals surface area contributed by atoms with Crippen molar-refractivity contribution in [1.82, 2.24) is 10.2 Å². The molecule has 0 spiro atoms. The number of amides is 2. The van der Waals surface area contributed by atoms with Crippen molar-refractivity contribution in [3.05, 3.63) is 29.3 Å². The van der Waals surface area contributed by atoms with Gasteiger partial charge in [0.15, 0.2) is 0 Å². The van der Waals surface area contributed by atoms with Crippen LogP contribution in [0.15, 0.2) is 18.2 Å². The van der Waals surface area contributed by atoms with Crippen LogP contribution in [0.25, 0.3) is 0 Å². The zero-order valence-corrected chi connectivity index (χ0v) is 19.5. The Bertz CT molecular complexity index is 699. The van der Waals surface area contributed by atoms with Crippen molar-refractivity contribution in [2.75, 3.05) is 19.7 Å². The van der Waals surface area contributed by atoms with Crippen LogP contribution in [0.5, 0.6) is 5.75 Å². The molecule has 1 aromatic carbocycles. The minimum atomic E-state index is 0.0900. The molecule has 1 aromatic rings. The van der Waals surface area contributed by atoms with Gasteiger partial charge in [0.2, 0.25) is 11.8 Å². The molecule has 2 aliphatic rings. The summed E-state index contributed by atoms with van der Waals surface area (Å²) in [5.41, 5.74) is 2.26. The highest BCUT2D eigenvalue weighted by Gasteiger charge is 2.24. The zero-order valence-electron chi connectivity index (χ0n) is 19.5. The summed E-state index contributed by atoms with van der Waals surface area (Å²) in [6, 6.07) is 6.31. The number of nitrogens with one attached hydrogen (secondary N) is 1. The van der Waals surface area contributed by atoms with Crippen LogP contribution in [0.4, 0.5) is 0 Å². The van der Waals surface area contributed by atoms with Gasteiger partial charge in [-0.15, -0.1) is 0 Å². The number of rotatable bonds is 9. The maximum absolute atomic E-state index is 12.5. The van der Waals surface area contributed by atoms with Crippen LogP contribution in [0.2, 0.25) is 0 Å². The molecule has 5 nitrogen and oxygen atoms in total. The van der Waals surface area contributed by atoms with Crippen LogP contribution in [0.1, 0.15) is 81.8 Å². The third kappa shape index (κ3) is 7.55. The molecule has 0 bridgehead atoms. The van der Waals surface area contributed by atoms with Gasteiger partial charge in [-0.2, -0.15) is 0 Å². The summed E-state index contributed by atoms with van der Waals surface area (Å²) >= 11 is 0. The number of piperidine rings is 1. The number of ether oxygens (including phenoxy) is 1. The third-order valence-corrected chi connectivity index (χ3v) is 6.91. The van der Waals surface area contributed by atoms with Gasteiger partial charge >= 0.3 is 0 Å². The van der Waals surface area contributed by atoms with Crippen molar-refractivity contribution in [3.63, 3.8) is 0 Å². The lowest BCUT2D eigenvalue weighted by Crippen LogP contribution is -2.46. The fourth-order valence-corrected chi connectivity index (χ4v) is 4.97. The fourth-order valence-electron chi connectivity index (χ4n) is 4.97. The second-order valence-corrected chi connectivity index (χ2v) is 9.44. The van der Waals surface area contributed by atoms with E-state index in [0.29, 0.717) is 31.8 Å². The normalized spacial score (nSPS) is 18.1. The molecule has 2 fully saturated rings. The van der Waals surface area contributed by atoms with Gasteiger partial charge in [0.05, 0.1) is 6.61 Å². The van der Waals surface area contributed by atoms with Gasteiger partial charge < -0.3 is 15.0 Å². The van der Waals surface area contributed by atoms with Crippen LogP contribution >= 0.6 is 0 Å². The minimum absolute atomic E-state index is 0.0900. The molecular weight excluding hydrogens is 388 g/mol. The Hall–Kier alpha value is -2.04. The minimum Gasteiger partial charge on any atom is -0.493 e. The van der Waals surface area contributed by atoms with Gasteiger partial charge in [0.1, 0.15) is 5.75 Å². The monoisotopic (exact) mass is 428 g/mol. The maximum Gasteiger partial charge on any atom is 0.222 e. The molecule has 0 unspecified atom stereocenters. The van der Waals surface area contributed by atoms with Crippen LogP contribution in [0.3, 0.4) is 0 Å². The molecule has 5 heteroatoms. The Morgan fingerprint density at radius 1 is 1.00 bits per heavy atom. The van der Waals surface area contributed by atoms with E-state index in [2.05, 4.69) is 5.32 Å². The predicted octanol–water partition coefficient (Wildman–Crippen LogP) is 4.93. The van der Waals surface area contributed by atoms with E-state index in [9.17, 15) is 9.59 Å². The standard InChI is InChI=1S/C26H40N2O3/c1-20-8-6-9-21(2)26(20)31-19-7-12-24(29)27-23-15-17-28(18-16-23)25(30)14-13-22-10-4-3-5-11-22/h6,8-9,22-23H,3-5,7,10-19H2,1-2H3,(H,27,29). The molecule has 1 N–H and O–H groups in total. The molecule has 1 aliphatic heterocycles. The summed E-state index contributed by atoms with van der Waals surface area (Å²) in [5.74, 6) is 2.09. The SMILES string of the molecule is Cc1cccc(C)c1OCCCC(=O)NC1CCN(C(=O)CCC2CCCCC2)CC1. The Balaban J connectivity index is 1.27. The maximum atomic E-state index is 12.5. The van der Waals surface area contributed by atoms with E-state index in [4.69, 9.17) is 4.74 Å². The Kier molecular flexibility index (Phi) is 9.23. The average molecular weight is 429 g/mol. The van der Waals surface area contributed by atoms with Crippen molar-refractivity contribution in [3.8, 4) is 5.75 Å². The highest BCUT2D eigenvalue weighted by atomic mass is 16.5. The largest absolute Gasteiger partial charge is 0.493 e. The molecule has 1 aliphatic carbocycles. The molecule has 31 heavy (non-hydrogen) atoms. The number of carbonyl (C=O) groups excluding carboxylic acids is 2. The van der Waals surface area contributed by atoms with E-state index < -0.39 is 0 Å². The Labute approximate surface area is 187 Å². The first-order valence-electron chi connectivity index (χ1n) is 12.3. The Morgan fingerprint density at radius 3 is 2.35 bits per heavy atom. The first kappa shape index (κ1) is 23.6. The zero-order chi connectivity index (χ0) is 22.1. The topological polar surface area (TPSA) is 58.6 Å². The summed E-state index contributed by atoms with van der Waals surface area (Å²) in [6.45, 7) is 6.17. The van der Waals surface area contributed by atoms with Gasteiger partial charge in [-0.05, 0) is 56.6 Å². The van der Waals surface area contributed by atoms with Crippen LogP contribution in [-0.4, -0.2) is 42.5 Å². The van der Waals surface area contributed by atoms with E-state index in [1.54, 1.807) is 0 Å². The van der Waals surface area contributed by atoms with Crippen molar-refractivity contribution < 1.29 is 14.3 Å². The van der Waals surface area contributed by atoms with E-state index in [1.807, 2.05) is 36.9 Å². The smallest absolute Gasteiger partial charge is 0.222 e. The molecule has 3 rings (SSSR count). The molecule has 0 aromatic heterocycles. The number of carbonyl (C=O) groups is 2. The third-order valence-electron chi connectivity index (χ3n) is 6.91. The van der Waals surface area contributed by atoms with E-state index in [0.717, 1.165) is 55.1 Å². The first-order valence-corrected chi connectivity index (χ1v) is 12.3. The van der Waals surface area contributed by atoms with Crippen LogP contribution in [-0.2, 0) is 9.59 Å². The molecular formula is C26H40N2O3. The van der Waals surface area contributed by atoms with Gasteiger partial charge in [0, 0.05) is 32.0 Å². The molecule has 1 saturated heterocycles. The molecule has 172 valence electrons. The average Bonchev–Trinajstić information content (AvgIpc) is 2.78. The summed E-state index contributed by atoms with van der Waals surface area (Å²) < 4.78 is 5.89. The van der Waals surface area contributed by atoms with Gasteiger partial charge in [-0.3, -0.25) is 9.59 Å².